The van der Waals surface area contributed by atoms with Crippen LogP contribution in [0.4, 0.5) is 17.1 Å². The molecule has 0 saturated heterocycles. The van der Waals surface area contributed by atoms with E-state index in [4.69, 9.17) is 15.6 Å². The molecule has 0 bridgehead atoms. The maximum absolute atomic E-state index is 6.95. The van der Waals surface area contributed by atoms with E-state index in [-0.39, 0.29) is 5.41 Å². The molecule has 0 fully saturated rings. The average molecular weight is 872 g/mol. The Labute approximate surface area is 397 Å². The van der Waals surface area contributed by atoms with Crippen LogP contribution >= 0.6 is 0 Å². The van der Waals surface area contributed by atoms with Gasteiger partial charge in [0, 0.05) is 39.0 Å². The van der Waals surface area contributed by atoms with E-state index in [0.717, 1.165) is 78.5 Å². The van der Waals surface area contributed by atoms with Gasteiger partial charge in [0.15, 0.2) is 0 Å². The number of anilines is 3. The molecule has 13 rings (SSSR count). The van der Waals surface area contributed by atoms with Gasteiger partial charge < -0.3 is 14.1 Å². The van der Waals surface area contributed by atoms with E-state index < -0.39 is 5.41 Å². The second-order valence-electron chi connectivity index (χ2n) is 18.7. The lowest BCUT2D eigenvalue weighted by molar-refractivity contribution is 0.436. The highest BCUT2D eigenvalue weighted by molar-refractivity contribution is 6.02. The summed E-state index contributed by atoms with van der Waals surface area (Å²) in [6.07, 6.45) is 10.2. The molecule has 2 aliphatic carbocycles. The first-order valence-corrected chi connectivity index (χ1v) is 23.4. The third kappa shape index (κ3) is 5.62. The fourth-order valence-corrected chi connectivity index (χ4v) is 11.8. The Morgan fingerprint density at radius 3 is 1.76 bits per heavy atom. The summed E-state index contributed by atoms with van der Waals surface area (Å²) >= 11 is 0. The van der Waals surface area contributed by atoms with E-state index in [0.29, 0.717) is 5.76 Å². The predicted octanol–water partition coefficient (Wildman–Crippen LogP) is 17.0. The van der Waals surface area contributed by atoms with Crippen molar-refractivity contribution >= 4 is 34.1 Å². The smallest absolute Gasteiger partial charge is 0.143 e. The molecule has 0 amide bonds. The molecule has 68 heavy (non-hydrogen) atoms. The van der Waals surface area contributed by atoms with Crippen LogP contribution < -0.4 is 9.64 Å². The topological polar surface area (TPSA) is 25.6 Å². The minimum absolute atomic E-state index is 0.216. The summed E-state index contributed by atoms with van der Waals surface area (Å²) in [6, 6.07) is 72.9. The molecule has 0 saturated carbocycles. The summed E-state index contributed by atoms with van der Waals surface area (Å²) in [5.41, 5.74) is 20.4. The second-order valence-corrected chi connectivity index (χ2v) is 18.7. The molecule has 3 aliphatic rings. The summed E-state index contributed by atoms with van der Waals surface area (Å²) < 4.78 is 13.4. The van der Waals surface area contributed by atoms with Gasteiger partial charge in [0.25, 0.3) is 0 Å². The van der Waals surface area contributed by atoms with Crippen LogP contribution in [0.3, 0.4) is 0 Å². The standard InChI is InChI=1S/C65H45NO2/c1-5-19-59-47(6-2)63-48(25-18-31-62(63)67-59)43-36-42(41-20-8-7-9-21-41)37-46(38-43)66(44-32-34-52-49-22-10-13-26-53(49)64(3,4)57(52)39-44)45-33-35-61-58(40-45)65(56-29-16-17-30-60(56)68-61)54-27-14-11-23-50(54)51-24-12-15-28-55(51)65/h2,5,7-40H,1,3-4H3/b19-5-. The zero-order valence-corrected chi connectivity index (χ0v) is 38.0. The molecule has 0 unspecified atom stereocenters. The fraction of sp³-hybridized carbons (Fsp3) is 0.0769. The Morgan fingerprint density at radius 2 is 1.04 bits per heavy atom. The Kier molecular flexibility index (Phi) is 8.75. The highest BCUT2D eigenvalue weighted by Gasteiger charge is 2.51. The molecule has 0 atom stereocenters. The lowest BCUT2D eigenvalue weighted by Gasteiger charge is -2.40. The summed E-state index contributed by atoms with van der Waals surface area (Å²) in [6.45, 7) is 6.68. The molecular formula is C65H45NO2. The maximum Gasteiger partial charge on any atom is 0.143 e. The van der Waals surface area contributed by atoms with Gasteiger partial charge >= 0.3 is 0 Å². The number of ether oxygens (including phenoxy) is 1. The zero-order chi connectivity index (χ0) is 45.7. The van der Waals surface area contributed by atoms with Crippen molar-refractivity contribution in [1.29, 1.82) is 0 Å². The molecule has 9 aromatic carbocycles. The number of hydrogen-bond acceptors (Lipinski definition) is 3. The number of allylic oxidation sites excluding steroid dienone is 1. The molecule has 10 aromatic rings. The van der Waals surface area contributed by atoms with E-state index in [1.54, 1.807) is 0 Å². The van der Waals surface area contributed by atoms with Crippen LogP contribution in [0.15, 0.2) is 211 Å². The molecule has 322 valence electrons. The van der Waals surface area contributed by atoms with Gasteiger partial charge in [-0.2, -0.15) is 0 Å². The summed E-state index contributed by atoms with van der Waals surface area (Å²) in [7, 11) is 0. The van der Waals surface area contributed by atoms with Crippen molar-refractivity contribution in [1.82, 2.24) is 0 Å². The van der Waals surface area contributed by atoms with Gasteiger partial charge in [0.05, 0.1) is 11.0 Å². The van der Waals surface area contributed by atoms with Crippen molar-refractivity contribution < 1.29 is 9.15 Å². The first-order valence-electron chi connectivity index (χ1n) is 23.4. The summed E-state index contributed by atoms with van der Waals surface area (Å²) in [5.74, 6) is 5.39. The van der Waals surface area contributed by atoms with Crippen molar-refractivity contribution in [2.75, 3.05) is 4.90 Å². The number of furan rings is 1. The van der Waals surface area contributed by atoms with Gasteiger partial charge in [-0.1, -0.05) is 165 Å². The van der Waals surface area contributed by atoms with Crippen LogP contribution in [-0.4, -0.2) is 0 Å². The van der Waals surface area contributed by atoms with Crippen molar-refractivity contribution in [2.24, 2.45) is 0 Å². The third-order valence-electron chi connectivity index (χ3n) is 14.7. The van der Waals surface area contributed by atoms with E-state index >= 15 is 0 Å². The number of fused-ring (bicyclic) bond motifs is 13. The number of rotatable bonds is 6. The predicted molar refractivity (Wildman–Crippen MR) is 279 cm³/mol. The summed E-state index contributed by atoms with van der Waals surface area (Å²) in [4.78, 5) is 2.44. The molecule has 0 radical (unpaired) electrons. The van der Waals surface area contributed by atoms with Crippen molar-refractivity contribution in [3.05, 3.63) is 251 Å². The second kappa shape index (κ2) is 15.0. The molecule has 3 heteroatoms. The molecular weight excluding hydrogens is 827 g/mol. The lowest BCUT2D eigenvalue weighted by Crippen LogP contribution is -2.32. The van der Waals surface area contributed by atoms with Crippen LogP contribution in [0.2, 0.25) is 0 Å². The molecule has 2 heterocycles. The molecule has 3 nitrogen and oxygen atoms in total. The van der Waals surface area contributed by atoms with Gasteiger partial charge in [-0.3, -0.25) is 0 Å². The van der Waals surface area contributed by atoms with E-state index in [1.807, 2.05) is 25.1 Å². The average Bonchev–Trinajstić information content (AvgIpc) is 3.97. The third-order valence-corrected chi connectivity index (χ3v) is 14.7. The van der Waals surface area contributed by atoms with Crippen LogP contribution in [0.25, 0.3) is 61.6 Å². The Hall–Kier alpha value is -8.58. The zero-order valence-electron chi connectivity index (χ0n) is 38.0. The lowest BCUT2D eigenvalue weighted by atomic mass is 9.66. The first-order chi connectivity index (χ1) is 33.4. The largest absolute Gasteiger partial charge is 0.457 e. The number of para-hydroxylation sites is 1. The molecule has 1 aromatic heterocycles. The Bertz CT molecular complexity index is 3740. The highest BCUT2D eigenvalue weighted by atomic mass is 16.5. The fourth-order valence-electron chi connectivity index (χ4n) is 11.8. The number of benzene rings is 9. The molecule has 1 spiro atoms. The summed E-state index contributed by atoms with van der Waals surface area (Å²) in [5, 5.41) is 0.924. The van der Waals surface area contributed by atoms with Crippen molar-refractivity contribution in [2.45, 2.75) is 31.6 Å². The van der Waals surface area contributed by atoms with Crippen LogP contribution in [-0.2, 0) is 10.8 Å². The Balaban J connectivity index is 1.11. The highest BCUT2D eigenvalue weighted by Crippen LogP contribution is 2.63. The number of hydrogen-bond donors (Lipinski definition) is 0. The molecule has 0 N–H and O–H groups in total. The van der Waals surface area contributed by atoms with Crippen LogP contribution in [0, 0.1) is 12.3 Å². The van der Waals surface area contributed by atoms with Gasteiger partial charge in [-0.15, -0.1) is 6.42 Å². The van der Waals surface area contributed by atoms with Gasteiger partial charge in [-0.05, 0) is 140 Å². The monoisotopic (exact) mass is 871 g/mol. The van der Waals surface area contributed by atoms with Crippen molar-refractivity contribution in [3.63, 3.8) is 0 Å². The van der Waals surface area contributed by atoms with Crippen LogP contribution in [0.1, 0.15) is 65.5 Å². The minimum atomic E-state index is -0.634. The maximum atomic E-state index is 6.95. The first kappa shape index (κ1) is 39.8. The minimum Gasteiger partial charge on any atom is -0.457 e. The SMILES string of the molecule is C#Cc1c(/C=C\C)oc2cccc(-c3cc(-c4ccccc4)cc(N(c4ccc5c(c4)C(C)(C)c4ccccc4-5)c4ccc5c(c4)C4(c6ccccc6O5)c5ccccc5-c5ccccc54)c3)c12. The van der Waals surface area contributed by atoms with E-state index in [1.165, 1.54) is 44.5 Å². The Morgan fingerprint density at radius 1 is 0.471 bits per heavy atom. The molecule has 1 aliphatic heterocycles. The van der Waals surface area contributed by atoms with Gasteiger partial charge in [0.2, 0.25) is 0 Å². The normalized spacial score (nSPS) is 14.1. The van der Waals surface area contributed by atoms with E-state index in [2.05, 4.69) is 219 Å². The number of terminal acetylenes is 1. The van der Waals surface area contributed by atoms with Crippen LogP contribution in [0.5, 0.6) is 11.5 Å². The quantitative estimate of drug-likeness (QED) is 0.156. The van der Waals surface area contributed by atoms with E-state index in [9.17, 15) is 0 Å². The number of nitrogens with zero attached hydrogens (tertiary/aromatic N) is 1. The van der Waals surface area contributed by atoms with Gasteiger partial charge in [-0.25, -0.2) is 0 Å². The van der Waals surface area contributed by atoms with Gasteiger partial charge in [0.1, 0.15) is 22.8 Å². The van der Waals surface area contributed by atoms with Crippen molar-refractivity contribution in [3.8, 4) is 68.4 Å².